The number of piperazine rings is 1. The number of anilines is 2. The number of aromatic nitrogens is 4. The highest BCUT2D eigenvalue weighted by Crippen LogP contribution is 2.49. The van der Waals surface area contributed by atoms with E-state index >= 15 is 0 Å². The summed E-state index contributed by atoms with van der Waals surface area (Å²) in [5.74, 6) is 2.22. The van der Waals surface area contributed by atoms with E-state index in [1.165, 1.54) is 0 Å². The molecule has 0 atom stereocenters. The van der Waals surface area contributed by atoms with Crippen molar-refractivity contribution < 1.29 is 14.3 Å². The van der Waals surface area contributed by atoms with Gasteiger partial charge in [0.05, 0.1) is 22.8 Å². The van der Waals surface area contributed by atoms with E-state index in [1.807, 2.05) is 39.1 Å². The van der Waals surface area contributed by atoms with Crippen LogP contribution in [0.15, 0.2) is 24.4 Å². The number of benzene rings is 2. The first-order valence-corrected chi connectivity index (χ1v) is 17.1. The van der Waals surface area contributed by atoms with Crippen molar-refractivity contribution in [3.8, 4) is 16.9 Å². The molecular formula is C35H45ClN8O3. The zero-order valence-electron chi connectivity index (χ0n) is 28.3. The maximum absolute atomic E-state index is 12.9. The van der Waals surface area contributed by atoms with E-state index < -0.39 is 5.60 Å². The van der Waals surface area contributed by atoms with Crippen LogP contribution in [0.5, 0.6) is 5.75 Å². The van der Waals surface area contributed by atoms with E-state index in [0.717, 1.165) is 83.1 Å². The van der Waals surface area contributed by atoms with Crippen LogP contribution >= 0.6 is 11.6 Å². The first kappa shape index (κ1) is 31.8. The third-order valence-corrected chi connectivity index (χ3v) is 9.76. The Hall–Kier alpha value is -3.83. The van der Waals surface area contributed by atoms with Gasteiger partial charge in [-0.15, -0.1) is 0 Å². The van der Waals surface area contributed by atoms with Gasteiger partial charge in [0.15, 0.2) is 5.75 Å². The van der Waals surface area contributed by atoms with E-state index in [2.05, 4.69) is 52.0 Å². The largest absolute Gasteiger partial charge is 0.487 e. The highest BCUT2D eigenvalue weighted by Gasteiger charge is 2.33. The summed E-state index contributed by atoms with van der Waals surface area (Å²) in [6, 6.07) is 6.67. The second kappa shape index (κ2) is 12.3. The molecule has 0 bridgehead atoms. The molecule has 12 heteroatoms. The van der Waals surface area contributed by atoms with Gasteiger partial charge in [-0.2, -0.15) is 10.1 Å². The lowest BCUT2D eigenvalue weighted by molar-refractivity contribution is 0.0240. The third-order valence-electron chi connectivity index (χ3n) is 9.47. The van der Waals surface area contributed by atoms with Crippen molar-refractivity contribution in [2.75, 3.05) is 63.2 Å². The molecule has 250 valence electrons. The number of piperidine rings is 1. The van der Waals surface area contributed by atoms with Crippen molar-refractivity contribution in [2.45, 2.75) is 71.1 Å². The standard InChI is InChI=1S/C35H45ClN8O3/c1-21-7-10-27-25(20-37-40-27)28(21)29-26(36)19-24-30(31(29)46-23-8-9-23)38-33(43-13-11-22(12-14-43)41(5)6)39-32(24)42-15-17-44(18-16-42)34(45)47-35(2,3)4/h7,10,19-20,22-23H,8-9,11-18H2,1-6H3,(H,37,40). The lowest BCUT2D eigenvalue weighted by atomic mass is 9.94. The fourth-order valence-corrected chi connectivity index (χ4v) is 7.02. The number of halogens is 1. The topological polar surface area (TPSA) is 103 Å². The predicted molar refractivity (Wildman–Crippen MR) is 187 cm³/mol. The van der Waals surface area contributed by atoms with Crippen LogP contribution in [0.1, 0.15) is 52.0 Å². The zero-order valence-corrected chi connectivity index (χ0v) is 29.0. The van der Waals surface area contributed by atoms with E-state index in [4.69, 9.17) is 31.0 Å². The zero-order chi connectivity index (χ0) is 33.0. The number of aromatic amines is 1. The van der Waals surface area contributed by atoms with Crippen LogP contribution in [-0.2, 0) is 4.74 Å². The number of rotatable bonds is 6. The molecule has 1 aliphatic carbocycles. The lowest BCUT2D eigenvalue weighted by Gasteiger charge is -2.38. The van der Waals surface area contributed by atoms with Gasteiger partial charge < -0.3 is 29.1 Å². The molecule has 7 rings (SSSR count). The van der Waals surface area contributed by atoms with Crippen molar-refractivity contribution in [1.82, 2.24) is 30.0 Å². The Bertz CT molecular complexity index is 1800. The molecule has 1 amide bonds. The number of H-pyrrole nitrogens is 1. The summed E-state index contributed by atoms with van der Waals surface area (Å²) >= 11 is 7.29. The van der Waals surface area contributed by atoms with Crippen molar-refractivity contribution in [3.63, 3.8) is 0 Å². The number of nitrogens with one attached hydrogen (secondary N) is 1. The molecule has 11 nitrogen and oxygen atoms in total. The minimum atomic E-state index is -0.544. The number of hydrogen-bond donors (Lipinski definition) is 1. The molecule has 3 fully saturated rings. The van der Waals surface area contributed by atoms with Gasteiger partial charge in [-0.1, -0.05) is 17.7 Å². The Morgan fingerprint density at radius 3 is 2.34 bits per heavy atom. The van der Waals surface area contributed by atoms with Gasteiger partial charge in [0.2, 0.25) is 5.95 Å². The lowest BCUT2D eigenvalue weighted by Crippen LogP contribution is -2.50. The highest BCUT2D eigenvalue weighted by molar-refractivity contribution is 6.35. The molecule has 3 aliphatic rings. The molecule has 2 aliphatic heterocycles. The van der Waals surface area contributed by atoms with Crippen LogP contribution < -0.4 is 14.5 Å². The van der Waals surface area contributed by atoms with E-state index in [-0.39, 0.29) is 12.2 Å². The number of nitrogens with zero attached hydrogens (tertiary/aromatic N) is 7. The summed E-state index contributed by atoms with van der Waals surface area (Å²) in [7, 11) is 4.30. The van der Waals surface area contributed by atoms with E-state index in [9.17, 15) is 4.79 Å². The smallest absolute Gasteiger partial charge is 0.410 e. The van der Waals surface area contributed by atoms with Gasteiger partial charge >= 0.3 is 6.09 Å². The molecule has 1 saturated carbocycles. The van der Waals surface area contributed by atoms with E-state index in [0.29, 0.717) is 48.9 Å². The fourth-order valence-electron chi connectivity index (χ4n) is 6.73. The number of hydrogen-bond acceptors (Lipinski definition) is 9. The van der Waals surface area contributed by atoms with E-state index in [1.54, 1.807) is 4.90 Å². The van der Waals surface area contributed by atoms with Crippen LogP contribution in [0.3, 0.4) is 0 Å². The summed E-state index contributed by atoms with van der Waals surface area (Å²) in [4.78, 5) is 32.1. The number of carbonyl (C=O) groups is 1. The highest BCUT2D eigenvalue weighted by atomic mass is 35.5. The van der Waals surface area contributed by atoms with Gasteiger partial charge in [-0.05, 0) is 85.2 Å². The Labute approximate surface area is 281 Å². The van der Waals surface area contributed by atoms with Crippen molar-refractivity contribution >= 4 is 51.3 Å². The van der Waals surface area contributed by atoms with Crippen LogP contribution in [0.2, 0.25) is 5.02 Å². The van der Waals surface area contributed by atoms with Crippen LogP contribution in [-0.4, -0.2) is 107 Å². The second-order valence-electron chi connectivity index (χ2n) is 14.3. The summed E-state index contributed by atoms with van der Waals surface area (Å²) < 4.78 is 12.5. The van der Waals surface area contributed by atoms with Crippen LogP contribution in [0, 0.1) is 6.92 Å². The maximum Gasteiger partial charge on any atom is 0.410 e. The number of ether oxygens (including phenoxy) is 2. The van der Waals surface area contributed by atoms with Gasteiger partial charge in [0, 0.05) is 67.2 Å². The van der Waals surface area contributed by atoms with Crippen molar-refractivity contribution in [1.29, 1.82) is 0 Å². The Balaban J connectivity index is 1.36. The maximum atomic E-state index is 12.9. The molecule has 0 radical (unpaired) electrons. The second-order valence-corrected chi connectivity index (χ2v) is 14.8. The fraction of sp³-hybridized carbons (Fsp3) is 0.543. The number of aryl methyl sites for hydroxylation is 1. The molecule has 2 aromatic carbocycles. The monoisotopic (exact) mass is 660 g/mol. The predicted octanol–water partition coefficient (Wildman–Crippen LogP) is 6.26. The average molecular weight is 661 g/mol. The van der Waals surface area contributed by atoms with Crippen LogP contribution in [0.4, 0.5) is 16.6 Å². The van der Waals surface area contributed by atoms with Crippen molar-refractivity contribution in [3.05, 3.63) is 35.0 Å². The molecular weight excluding hydrogens is 616 g/mol. The van der Waals surface area contributed by atoms with Gasteiger partial charge in [0.1, 0.15) is 16.9 Å². The molecule has 1 N–H and O–H groups in total. The Morgan fingerprint density at radius 1 is 0.957 bits per heavy atom. The molecule has 4 aromatic rings. The first-order valence-electron chi connectivity index (χ1n) is 16.7. The SMILES string of the molecule is Cc1ccc2[nH]ncc2c1-c1c(Cl)cc2c(N3CCN(C(=O)OC(C)(C)C)CC3)nc(N3CCC(N(C)C)CC3)nc2c1OC1CC1. The summed E-state index contributed by atoms with van der Waals surface area (Å²) in [6.45, 7) is 11.8. The summed E-state index contributed by atoms with van der Waals surface area (Å²) in [5, 5.41) is 9.88. The molecule has 0 spiro atoms. The van der Waals surface area contributed by atoms with Crippen molar-refractivity contribution in [2.24, 2.45) is 0 Å². The quantitative estimate of drug-likeness (QED) is 0.257. The average Bonchev–Trinajstić information content (AvgIpc) is 3.73. The Morgan fingerprint density at radius 2 is 1.68 bits per heavy atom. The molecule has 4 heterocycles. The number of fused-ring (bicyclic) bond motifs is 2. The number of carbonyl (C=O) groups excluding carboxylic acids is 1. The first-order chi connectivity index (χ1) is 22.5. The molecule has 0 unspecified atom stereocenters. The number of amides is 1. The molecule has 2 saturated heterocycles. The Kier molecular flexibility index (Phi) is 8.32. The summed E-state index contributed by atoms with van der Waals surface area (Å²) in [6.07, 6.45) is 5.76. The summed E-state index contributed by atoms with van der Waals surface area (Å²) in [5.41, 5.74) is 4.08. The van der Waals surface area contributed by atoms with Gasteiger partial charge in [-0.25, -0.2) is 9.78 Å². The minimum Gasteiger partial charge on any atom is -0.487 e. The van der Waals surface area contributed by atoms with Crippen LogP contribution in [0.25, 0.3) is 32.9 Å². The van der Waals surface area contributed by atoms with Gasteiger partial charge in [0.25, 0.3) is 0 Å². The third kappa shape index (κ3) is 6.39. The van der Waals surface area contributed by atoms with Gasteiger partial charge in [-0.3, -0.25) is 5.10 Å². The molecule has 2 aromatic heterocycles. The minimum absolute atomic E-state index is 0.120. The molecule has 47 heavy (non-hydrogen) atoms. The normalized spacial score (nSPS) is 18.1.